The van der Waals surface area contributed by atoms with Crippen LogP contribution in [0, 0.1) is 11.8 Å². The van der Waals surface area contributed by atoms with Crippen LogP contribution in [0.3, 0.4) is 0 Å². The number of carbonyl (C=O) groups is 1. The highest BCUT2D eigenvalue weighted by molar-refractivity contribution is 7.09. The van der Waals surface area contributed by atoms with Gasteiger partial charge in [-0.15, -0.1) is 11.3 Å². The molecule has 0 radical (unpaired) electrons. The van der Waals surface area contributed by atoms with Gasteiger partial charge < -0.3 is 5.11 Å². The van der Waals surface area contributed by atoms with E-state index in [1.165, 1.54) is 10.7 Å². The molecule has 0 aliphatic heterocycles. The van der Waals surface area contributed by atoms with Crippen molar-refractivity contribution < 1.29 is 9.90 Å². The summed E-state index contributed by atoms with van der Waals surface area (Å²) in [5.41, 5.74) is 1.20. The summed E-state index contributed by atoms with van der Waals surface area (Å²) < 4.78 is 0. The third kappa shape index (κ3) is 3.31. The van der Waals surface area contributed by atoms with Gasteiger partial charge in [-0.25, -0.2) is 4.98 Å². The minimum atomic E-state index is -0.631. The molecule has 0 spiro atoms. The van der Waals surface area contributed by atoms with Gasteiger partial charge in [0, 0.05) is 11.3 Å². The normalized spacial score (nSPS) is 24.4. The molecule has 1 aliphatic carbocycles. The second-order valence-corrected chi connectivity index (χ2v) is 6.55. The Bertz CT molecular complexity index is 406. The van der Waals surface area contributed by atoms with Crippen LogP contribution in [0.2, 0.25) is 0 Å². The van der Waals surface area contributed by atoms with Gasteiger partial charge in [0.2, 0.25) is 0 Å². The van der Waals surface area contributed by atoms with Crippen molar-refractivity contribution in [3.05, 3.63) is 16.1 Å². The number of carboxylic acid groups (broad SMARTS) is 1. The number of aliphatic carboxylic acids is 1. The Labute approximate surface area is 112 Å². The zero-order chi connectivity index (χ0) is 13.1. The zero-order valence-electron chi connectivity index (χ0n) is 11.1. The van der Waals surface area contributed by atoms with Crippen LogP contribution in [-0.4, -0.2) is 16.1 Å². The van der Waals surface area contributed by atoms with Crippen molar-refractivity contribution in [2.45, 2.75) is 51.9 Å². The minimum Gasteiger partial charge on any atom is -0.481 e. The average Bonchev–Trinajstić information content (AvgIpc) is 2.76. The molecule has 1 N–H and O–H groups in total. The highest BCUT2D eigenvalue weighted by Gasteiger charge is 2.28. The molecule has 0 unspecified atom stereocenters. The lowest BCUT2D eigenvalue weighted by molar-refractivity contribution is -0.142. The van der Waals surface area contributed by atoms with Crippen LogP contribution < -0.4 is 0 Å². The fraction of sp³-hybridized carbons (Fsp3) is 0.714. The van der Waals surface area contributed by atoms with Crippen molar-refractivity contribution in [2.75, 3.05) is 0 Å². The summed E-state index contributed by atoms with van der Waals surface area (Å²) in [4.78, 5) is 15.6. The van der Waals surface area contributed by atoms with Crippen LogP contribution in [0.25, 0.3) is 0 Å². The minimum absolute atomic E-state index is 0.128. The number of rotatable bonds is 4. The van der Waals surface area contributed by atoms with E-state index in [-0.39, 0.29) is 5.92 Å². The van der Waals surface area contributed by atoms with Gasteiger partial charge in [0.15, 0.2) is 0 Å². The summed E-state index contributed by atoms with van der Waals surface area (Å²) in [7, 11) is 0. The van der Waals surface area contributed by atoms with Crippen LogP contribution in [0.15, 0.2) is 5.38 Å². The molecule has 1 aromatic heterocycles. The largest absolute Gasteiger partial charge is 0.481 e. The fourth-order valence-corrected chi connectivity index (χ4v) is 3.61. The molecular weight excluding hydrogens is 246 g/mol. The maximum atomic E-state index is 10.9. The summed E-state index contributed by atoms with van der Waals surface area (Å²) >= 11 is 1.75. The molecule has 0 aromatic carbocycles. The van der Waals surface area contributed by atoms with E-state index in [0.717, 1.165) is 32.1 Å². The Hall–Kier alpha value is -0.900. The van der Waals surface area contributed by atoms with Crippen molar-refractivity contribution in [2.24, 2.45) is 11.8 Å². The Kier molecular flexibility index (Phi) is 4.38. The third-order valence-corrected chi connectivity index (χ3v) is 4.67. The molecule has 100 valence electrons. The quantitative estimate of drug-likeness (QED) is 0.905. The monoisotopic (exact) mass is 267 g/mol. The highest BCUT2D eigenvalue weighted by atomic mass is 32.1. The van der Waals surface area contributed by atoms with Gasteiger partial charge in [0.1, 0.15) is 0 Å². The average molecular weight is 267 g/mol. The number of aromatic nitrogens is 1. The molecule has 2 rings (SSSR count). The lowest BCUT2D eigenvalue weighted by Crippen LogP contribution is -2.20. The van der Waals surface area contributed by atoms with Gasteiger partial charge in [-0.3, -0.25) is 4.79 Å². The number of carboxylic acids is 1. The van der Waals surface area contributed by atoms with Crippen LogP contribution in [0.4, 0.5) is 0 Å². The van der Waals surface area contributed by atoms with Gasteiger partial charge in [-0.1, -0.05) is 13.8 Å². The van der Waals surface area contributed by atoms with Gasteiger partial charge >= 0.3 is 5.97 Å². The molecule has 1 aliphatic rings. The number of nitrogens with zero attached hydrogens (tertiary/aromatic N) is 1. The van der Waals surface area contributed by atoms with E-state index in [1.54, 1.807) is 11.3 Å². The lowest BCUT2D eigenvalue weighted by atomic mass is 9.82. The van der Waals surface area contributed by atoms with Crippen LogP contribution in [0.5, 0.6) is 0 Å². The van der Waals surface area contributed by atoms with Crippen LogP contribution in [0.1, 0.15) is 56.2 Å². The Balaban J connectivity index is 1.93. The predicted molar refractivity (Wildman–Crippen MR) is 73.0 cm³/mol. The van der Waals surface area contributed by atoms with Crippen LogP contribution in [-0.2, 0) is 11.2 Å². The Morgan fingerprint density at radius 3 is 2.67 bits per heavy atom. The van der Waals surface area contributed by atoms with E-state index in [9.17, 15) is 4.79 Å². The summed E-state index contributed by atoms with van der Waals surface area (Å²) in [6, 6.07) is 0. The maximum Gasteiger partial charge on any atom is 0.306 e. The summed E-state index contributed by atoms with van der Waals surface area (Å²) in [5.74, 6) is 0.374. The number of hydrogen-bond acceptors (Lipinski definition) is 3. The fourth-order valence-electron chi connectivity index (χ4n) is 2.61. The van der Waals surface area contributed by atoms with Crippen LogP contribution >= 0.6 is 11.3 Å². The molecule has 0 atom stereocenters. The van der Waals surface area contributed by atoms with Gasteiger partial charge in [0.05, 0.1) is 16.6 Å². The van der Waals surface area contributed by atoms with E-state index in [0.29, 0.717) is 11.8 Å². The molecule has 1 heterocycles. The first-order chi connectivity index (χ1) is 8.56. The second-order valence-electron chi connectivity index (χ2n) is 5.66. The predicted octanol–water partition coefficient (Wildman–Crippen LogP) is 3.70. The van der Waals surface area contributed by atoms with E-state index in [4.69, 9.17) is 10.1 Å². The summed E-state index contributed by atoms with van der Waals surface area (Å²) in [5, 5.41) is 12.4. The Morgan fingerprint density at radius 1 is 1.44 bits per heavy atom. The van der Waals surface area contributed by atoms with E-state index < -0.39 is 5.97 Å². The highest BCUT2D eigenvalue weighted by Crippen LogP contribution is 2.37. The zero-order valence-corrected chi connectivity index (χ0v) is 11.9. The molecule has 1 fully saturated rings. The van der Waals surface area contributed by atoms with Crippen molar-refractivity contribution in [1.82, 2.24) is 4.98 Å². The first kappa shape index (κ1) is 13.5. The molecule has 1 saturated carbocycles. The molecule has 0 saturated heterocycles. The van der Waals surface area contributed by atoms with Gasteiger partial charge in [-0.05, 0) is 38.0 Å². The van der Waals surface area contributed by atoms with Gasteiger partial charge in [0.25, 0.3) is 0 Å². The molecule has 0 amide bonds. The molecule has 0 bridgehead atoms. The third-order valence-electron chi connectivity index (χ3n) is 3.61. The number of thiazole rings is 1. The van der Waals surface area contributed by atoms with Crippen molar-refractivity contribution in [3.63, 3.8) is 0 Å². The topological polar surface area (TPSA) is 50.2 Å². The van der Waals surface area contributed by atoms with E-state index in [2.05, 4.69) is 19.2 Å². The summed E-state index contributed by atoms with van der Waals surface area (Å²) in [6.45, 7) is 4.41. The molecular formula is C14H21NO2S. The van der Waals surface area contributed by atoms with Crippen molar-refractivity contribution in [3.8, 4) is 0 Å². The SMILES string of the molecule is CC(C)Cc1csc(C2CCC(C(=O)O)CC2)n1. The number of hydrogen-bond donors (Lipinski definition) is 1. The molecule has 1 aromatic rings. The van der Waals surface area contributed by atoms with E-state index >= 15 is 0 Å². The van der Waals surface area contributed by atoms with Crippen molar-refractivity contribution in [1.29, 1.82) is 0 Å². The smallest absolute Gasteiger partial charge is 0.306 e. The molecule has 4 heteroatoms. The van der Waals surface area contributed by atoms with E-state index in [1.807, 2.05) is 0 Å². The molecule has 18 heavy (non-hydrogen) atoms. The molecule has 3 nitrogen and oxygen atoms in total. The standard InChI is InChI=1S/C14H21NO2S/c1-9(2)7-12-8-18-13(15-12)10-3-5-11(6-4-10)14(16)17/h8-11H,3-7H2,1-2H3,(H,16,17). The Morgan fingerprint density at radius 2 is 2.11 bits per heavy atom. The summed E-state index contributed by atoms with van der Waals surface area (Å²) in [6.07, 6.45) is 4.61. The first-order valence-electron chi connectivity index (χ1n) is 6.73. The maximum absolute atomic E-state index is 10.9. The van der Waals surface area contributed by atoms with Gasteiger partial charge in [-0.2, -0.15) is 0 Å². The lowest BCUT2D eigenvalue weighted by Gasteiger charge is -2.24. The first-order valence-corrected chi connectivity index (χ1v) is 7.61. The van der Waals surface area contributed by atoms with Crippen molar-refractivity contribution >= 4 is 17.3 Å². The second kappa shape index (κ2) is 5.83.